The summed E-state index contributed by atoms with van der Waals surface area (Å²) in [6, 6.07) is 6.64. The number of carboxylic acids is 1. The molecule has 5 heteroatoms. The number of carboxylic acid groups (broad SMARTS) is 1. The van der Waals surface area contributed by atoms with Crippen LogP contribution >= 0.6 is 0 Å². The van der Waals surface area contributed by atoms with Crippen LogP contribution in [0.25, 0.3) is 0 Å². The number of urea groups is 1. The number of carbonyl (C=O) groups is 2. The van der Waals surface area contributed by atoms with Gasteiger partial charge in [0.25, 0.3) is 0 Å². The van der Waals surface area contributed by atoms with Gasteiger partial charge in [-0.1, -0.05) is 19.1 Å². The molecule has 1 aliphatic carbocycles. The van der Waals surface area contributed by atoms with E-state index in [1.54, 1.807) is 24.3 Å². The van der Waals surface area contributed by atoms with Gasteiger partial charge in [0, 0.05) is 12.2 Å². The van der Waals surface area contributed by atoms with Crippen molar-refractivity contribution in [3.63, 3.8) is 0 Å². The summed E-state index contributed by atoms with van der Waals surface area (Å²) in [4.78, 5) is 22.4. The van der Waals surface area contributed by atoms with Crippen molar-refractivity contribution in [3.05, 3.63) is 29.8 Å². The minimum atomic E-state index is -0.884. The van der Waals surface area contributed by atoms with E-state index < -0.39 is 5.97 Å². The number of carbonyl (C=O) groups excluding carboxylic acids is 1. The molecule has 1 aliphatic rings. The van der Waals surface area contributed by atoms with E-state index in [0.717, 1.165) is 5.92 Å². The lowest BCUT2D eigenvalue weighted by Gasteiger charge is -2.12. The predicted octanol–water partition coefficient (Wildman–Crippen LogP) is 2.48. The summed E-state index contributed by atoms with van der Waals surface area (Å²) >= 11 is 0. The number of anilines is 1. The molecule has 1 saturated carbocycles. The van der Waals surface area contributed by atoms with Crippen LogP contribution in [0.5, 0.6) is 0 Å². The highest BCUT2D eigenvalue weighted by Gasteiger charge is 2.27. The molecule has 0 saturated heterocycles. The summed E-state index contributed by atoms with van der Waals surface area (Å²) in [7, 11) is 0. The molecule has 1 atom stereocenters. The van der Waals surface area contributed by atoms with Gasteiger partial charge in [0.15, 0.2) is 0 Å². The van der Waals surface area contributed by atoms with Crippen LogP contribution in [0.3, 0.4) is 0 Å². The van der Waals surface area contributed by atoms with Crippen molar-refractivity contribution in [1.29, 1.82) is 0 Å². The first-order valence-electron chi connectivity index (χ1n) is 6.90. The van der Waals surface area contributed by atoms with Crippen LogP contribution in [-0.4, -0.2) is 23.7 Å². The van der Waals surface area contributed by atoms with Crippen molar-refractivity contribution in [2.45, 2.75) is 26.2 Å². The zero-order chi connectivity index (χ0) is 14.5. The molecule has 2 rings (SSSR count). The number of hydrogen-bond acceptors (Lipinski definition) is 2. The molecule has 0 aromatic heterocycles. The molecule has 5 nitrogen and oxygen atoms in total. The van der Waals surface area contributed by atoms with Gasteiger partial charge in [-0.2, -0.15) is 0 Å². The average molecular weight is 276 g/mol. The molecule has 0 bridgehead atoms. The largest absolute Gasteiger partial charge is 0.481 e. The molecule has 0 radical (unpaired) electrons. The molecule has 108 valence electrons. The monoisotopic (exact) mass is 276 g/mol. The molecule has 0 spiro atoms. The maximum absolute atomic E-state index is 11.8. The number of amides is 2. The summed E-state index contributed by atoms with van der Waals surface area (Å²) in [5.41, 5.74) is 1.28. The second-order valence-corrected chi connectivity index (χ2v) is 5.42. The van der Waals surface area contributed by atoms with Gasteiger partial charge in [-0.15, -0.1) is 0 Å². The van der Waals surface area contributed by atoms with Crippen LogP contribution in [-0.2, 0) is 11.2 Å². The zero-order valence-corrected chi connectivity index (χ0v) is 11.6. The number of nitrogens with one attached hydrogen (secondary N) is 2. The van der Waals surface area contributed by atoms with Crippen LogP contribution in [0.2, 0.25) is 0 Å². The third-order valence-corrected chi connectivity index (χ3v) is 3.55. The summed E-state index contributed by atoms with van der Waals surface area (Å²) in [6.07, 6.45) is 2.49. The lowest BCUT2D eigenvalue weighted by atomic mass is 10.1. The van der Waals surface area contributed by atoms with Crippen molar-refractivity contribution in [2.24, 2.45) is 11.8 Å². The molecular formula is C15H20N2O3. The lowest BCUT2D eigenvalue weighted by molar-refractivity contribution is -0.136. The van der Waals surface area contributed by atoms with Gasteiger partial charge in [0.05, 0.1) is 6.42 Å². The average Bonchev–Trinajstić information content (AvgIpc) is 3.19. The Bertz CT molecular complexity index is 498. The second kappa shape index (κ2) is 6.41. The molecule has 1 unspecified atom stereocenters. The highest BCUT2D eigenvalue weighted by molar-refractivity contribution is 5.89. The third-order valence-electron chi connectivity index (χ3n) is 3.55. The van der Waals surface area contributed by atoms with Gasteiger partial charge in [0.2, 0.25) is 0 Å². The minimum absolute atomic E-state index is 0.0458. The molecule has 1 aromatic carbocycles. The quantitative estimate of drug-likeness (QED) is 0.747. The Morgan fingerprint density at radius 1 is 1.40 bits per heavy atom. The van der Waals surface area contributed by atoms with E-state index in [2.05, 4.69) is 17.6 Å². The van der Waals surface area contributed by atoms with E-state index >= 15 is 0 Å². The Labute approximate surface area is 118 Å². The van der Waals surface area contributed by atoms with Gasteiger partial charge < -0.3 is 15.7 Å². The normalized spacial score (nSPS) is 15.4. The first-order chi connectivity index (χ1) is 9.54. The molecule has 1 aromatic rings. The molecule has 20 heavy (non-hydrogen) atoms. The number of hydrogen-bond donors (Lipinski definition) is 3. The van der Waals surface area contributed by atoms with Crippen molar-refractivity contribution in [3.8, 4) is 0 Å². The molecular weight excluding hydrogens is 256 g/mol. The standard InChI is InChI=1S/C15H20N2O3/c1-10(12-5-6-12)9-16-15(20)17-13-4-2-3-11(7-13)8-14(18)19/h2-4,7,10,12H,5-6,8-9H2,1H3,(H,18,19)(H2,16,17,20). The summed E-state index contributed by atoms with van der Waals surface area (Å²) in [5.74, 6) is 0.387. The molecule has 0 aliphatic heterocycles. The Kier molecular flexibility index (Phi) is 4.61. The van der Waals surface area contributed by atoms with E-state index in [1.165, 1.54) is 12.8 Å². The smallest absolute Gasteiger partial charge is 0.319 e. The van der Waals surface area contributed by atoms with E-state index in [0.29, 0.717) is 23.7 Å². The Hall–Kier alpha value is -2.04. The summed E-state index contributed by atoms with van der Waals surface area (Å²) in [5, 5.41) is 14.3. The fourth-order valence-corrected chi connectivity index (χ4v) is 2.19. The highest BCUT2D eigenvalue weighted by atomic mass is 16.4. The van der Waals surface area contributed by atoms with Crippen molar-refractivity contribution in [1.82, 2.24) is 5.32 Å². The third kappa shape index (κ3) is 4.57. The molecule has 2 amide bonds. The maximum atomic E-state index is 11.8. The summed E-state index contributed by atoms with van der Waals surface area (Å²) < 4.78 is 0. The van der Waals surface area contributed by atoms with E-state index in [1.807, 2.05) is 0 Å². The fourth-order valence-electron chi connectivity index (χ4n) is 2.19. The first-order valence-corrected chi connectivity index (χ1v) is 6.90. The van der Waals surface area contributed by atoms with Crippen LogP contribution in [0.15, 0.2) is 24.3 Å². The second-order valence-electron chi connectivity index (χ2n) is 5.42. The van der Waals surface area contributed by atoms with Crippen LogP contribution in [0.4, 0.5) is 10.5 Å². The van der Waals surface area contributed by atoms with Gasteiger partial charge in [-0.3, -0.25) is 4.79 Å². The van der Waals surface area contributed by atoms with Gasteiger partial charge in [0.1, 0.15) is 0 Å². The van der Waals surface area contributed by atoms with Crippen LogP contribution in [0.1, 0.15) is 25.3 Å². The Balaban J connectivity index is 1.82. The highest BCUT2D eigenvalue weighted by Crippen LogP contribution is 2.36. The number of aliphatic carboxylic acids is 1. The van der Waals surface area contributed by atoms with Gasteiger partial charge >= 0.3 is 12.0 Å². The van der Waals surface area contributed by atoms with Crippen LogP contribution in [0, 0.1) is 11.8 Å². The van der Waals surface area contributed by atoms with Crippen LogP contribution < -0.4 is 10.6 Å². The van der Waals surface area contributed by atoms with Gasteiger partial charge in [-0.25, -0.2) is 4.79 Å². The van der Waals surface area contributed by atoms with Gasteiger partial charge in [-0.05, 0) is 42.4 Å². The van der Waals surface area contributed by atoms with Crippen molar-refractivity contribution < 1.29 is 14.7 Å². The zero-order valence-electron chi connectivity index (χ0n) is 11.6. The summed E-state index contributed by atoms with van der Waals surface area (Å²) in [6.45, 7) is 2.82. The van der Waals surface area contributed by atoms with E-state index in [4.69, 9.17) is 5.11 Å². The first kappa shape index (κ1) is 14.4. The van der Waals surface area contributed by atoms with Crippen molar-refractivity contribution >= 4 is 17.7 Å². The van der Waals surface area contributed by atoms with Crippen molar-refractivity contribution in [2.75, 3.05) is 11.9 Å². The predicted molar refractivity (Wildman–Crippen MR) is 76.7 cm³/mol. The topological polar surface area (TPSA) is 78.4 Å². The SMILES string of the molecule is CC(CNC(=O)Nc1cccc(CC(=O)O)c1)C1CC1. The maximum Gasteiger partial charge on any atom is 0.319 e. The molecule has 1 fully saturated rings. The fraction of sp³-hybridized carbons (Fsp3) is 0.467. The molecule has 0 heterocycles. The molecule has 3 N–H and O–H groups in total. The lowest BCUT2D eigenvalue weighted by Crippen LogP contribution is -2.32. The number of benzene rings is 1. The minimum Gasteiger partial charge on any atom is -0.481 e. The Morgan fingerprint density at radius 2 is 2.15 bits per heavy atom. The number of rotatable bonds is 6. The van der Waals surface area contributed by atoms with E-state index in [9.17, 15) is 9.59 Å². The van der Waals surface area contributed by atoms with E-state index in [-0.39, 0.29) is 12.5 Å². The Morgan fingerprint density at radius 3 is 2.80 bits per heavy atom.